The fourth-order valence-corrected chi connectivity index (χ4v) is 2.44. The van der Waals surface area contributed by atoms with Crippen LogP contribution in [0.3, 0.4) is 0 Å². The maximum absolute atomic E-state index is 13.6. The van der Waals surface area contributed by atoms with E-state index in [0.717, 1.165) is 11.3 Å². The highest BCUT2D eigenvalue weighted by Crippen LogP contribution is 2.18. The molecule has 100 valence electrons. The second-order valence-corrected chi connectivity index (χ2v) is 5.19. The molecule has 1 atom stereocenters. The van der Waals surface area contributed by atoms with Crippen LogP contribution in [0.2, 0.25) is 0 Å². The number of benzene rings is 1. The number of thioether (sulfide) groups is 1. The minimum atomic E-state index is -0.650. The van der Waals surface area contributed by atoms with Crippen LogP contribution in [0.5, 0.6) is 0 Å². The Labute approximate surface area is 111 Å². The quantitative estimate of drug-likeness (QED) is 0.807. The highest BCUT2D eigenvalue weighted by Gasteiger charge is 2.12. The van der Waals surface area contributed by atoms with Gasteiger partial charge in [-0.1, -0.05) is 13.0 Å². The number of esters is 1. The first-order valence-electron chi connectivity index (χ1n) is 5.73. The molecule has 2 N–H and O–H groups in total. The van der Waals surface area contributed by atoms with Gasteiger partial charge in [0.05, 0.1) is 12.7 Å². The van der Waals surface area contributed by atoms with Crippen molar-refractivity contribution in [2.45, 2.75) is 12.7 Å². The van der Waals surface area contributed by atoms with Gasteiger partial charge in [-0.25, -0.2) is 9.18 Å². The third-order valence-corrected chi connectivity index (χ3v) is 3.85. The molecule has 0 saturated carbocycles. The number of hydrogen-bond donors (Lipinski definition) is 1. The summed E-state index contributed by atoms with van der Waals surface area (Å²) in [5, 5.41) is 0. The van der Waals surface area contributed by atoms with Gasteiger partial charge in [-0.05, 0) is 35.9 Å². The SMILES string of the molecule is COC(=O)c1ccc(CSCC(C)CN)cc1F. The van der Waals surface area contributed by atoms with E-state index in [-0.39, 0.29) is 5.56 Å². The van der Waals surface area contributed by atoms with Crippen molar-refractivity contribution >= 4 is 17.7 Å². The molecule has 0 fully saturated rings. The van der Waals surface area contributed by atoms with Crippen molar-refractivity contribution in [3.05, 3.63) is 35.1 Å². The summed E-state index contributed by atoms with van der Waals surface area (Å²) in [5.41, 5.74) is 6.35. The van der Waals surface area contributed by atoms with Crippen LogP contribution in [-0.4, -0.2) is 25.4 Å². The first kappa shape index (κ1) is 15.0. The average Bonchev–Trinajstić information content (AvgIpc) is 2.37. The first-order chi connectivity index (χ1) is 8.58. The van der Waals surface area contributed by atoms with Crippen LogP contribution >= 0.6 is 11.8 Å². The highest BCUT2D eigenvalue weighted by atomic mass is 32.2. The molecule has 0 bridgehead atoms. The Morgan fingerprint density at radius 3 is 2.83 bits per heavy atom. The van der Waals surface area contributed by atoms with E-state index in [2.05, 4.69) is 11.7 Å². The molecule has 1 unspecified atom stereocenters. The van der Waals surface area contributed by atoms with Crippen LogP contribution in [0.15, 0.2) is 18.2 Å². The van der Waals surface area contributed by atoms with Crippen molar-refractivity contribution in [1.29, 1.82) is 0 Å². The number of nitrogens with two attached hydrogens (primary N) is 1. The van der Waals surface area contributed by atoms with E-state index in [1.54, 1.807) is 17.8 Å². The summed E-state index contributed by atoms with van der Waals surface area (Å²) in [7, 11) is 1.24. The minimum Gasteiger partial charge on any atom is -0.465 e. The zero-order valence-corrected chi connectivity index (χ0v) is 11.4. The topological polar surface area (TPSA) is 52.3 Å². The van der Waals surface area contributed by atoms with Crippen molar-refractivity contribution < 1.29 is 13.9 Å². The van der Waals surface area contributed by atoms with E-state index in [0.29, 0.717) is 18.2 Å². The maximum atomic E-state index is 13.6. The van der Waals surface area contributed by atoms with Crippen molar-refractivity contribution in [3.8, 4) is 0 Å². The molecule has 3 nitrogen and oxygen atoms in total. The molecule has 0 saturated heterocycles. The first-order valence-corrected chi connectivity index (χ1v) is 6.88. The number of carbonyl (C=O) groups is 1. The van der Waals surface area contributed by atoms with Crippen molar-refractivity contribution in [2.75, 3.05) is 19.4 Å². The number of hydrogen-bond acceptors (Lipinski definition) is 4. The van der Waals surface area contributed by atoms with Crippen LogP contribution < -0.4 is 5.73 Å². The second-order valence-electron chi connectivity index (χ2n) is 4.16. The molecule has 1 aromatic rings. The number of rotatable bonds is 6. The molecule has 1 aromatic carbocycles. The third-order valence-electron chi connectivity index (χ3n) is 2.51. The zero-order chi connectivity index (χ0) is 13.5. The van der Waals surface area contributed by atoms with E-state index in [9.17, 15) is 9.18 Å². The summed E-state index contributed by atoms with van der Waals surface area (Å²) in [6, 6.07) is 4.59. The molecule has 0 aliphatic carbocycles. The van der Waals surface area contributed by atoms with Crippen LogP contribution in [0.4, 0.5) is 4.39 Å². The molecule has 0 spiro atoms. The number of ether oxygens (including phenoxy) is 1. The summed E-state index contributed by atoms with van der Waals surface area (Å²) in [4.78, 5) is 11.2. The van der Waals surface area contributed by atoms with Crippen LogP contribution in [0.25, 0.3) is 0 Å². The highest BCUT2D eigenvalue weighted by molar-refractivity contribution is 7.98. The largest absolute Gasteiger partial charge is 0.465 e. The van der Waals surface area contributed by atoms with Gasteiger partial charge in [0.15, 0.2) is 0 Å². The average molecular weight is 271 g/mol. The maximum Gasteiger partial charge on any atom is 0.340 e. The van der Waals surface area contributed by atoms with Gasteiger partial charge in [-0.15, -0.1) is 0 Å². The van der Waals surface area contributed by atoms with Gasteiger partial charge in [0.25, 0.3) is 0 Å². The molecule has 1 rings (SSSR count). The summed E-state index contributed by atoms with van der Waals surface area (Å²) in [5.74, 6) is 0.920. The molecule has 0 aromatic heterocycles. The second kappa shape index (κ2) is 7.38. The molecule has 0 aliphatic heterocycles. The molecule has 0 aliphatic rings. The van der Waals surface area contributed by atoms with E-state index < -0.39 is 11.8 Å². The fourth-order valence-electron chi connectivity index (χ4n) is 1.37. The third kappa shape index (κ3) is 4.31. The van der Waals surface area contributed by atoms with Crippen molar-refractivity contribution in [2.24, 2.45) is 11.7 Å². The predicted molar refractivity (Wildman–Crippen MR) is 72.1 cm³/mol. The zero-order valence-electron chi connectivity index (χ0n) is 10.6. The number of carbonyl (C=O) groups excluding carboxylic acids is 1. The summed E-state index contributed by atoms with van der Waals surface area (Å²) >= 11 is 1.70. The molecule has 0 amide bonds. The van der Waals surface area contributed by atoms with Crippen molar-refractivity contribution in [1.82, 2.24) is 0 Å². The lowest BCUT2D eigenvalue weighted by molar-refractivity contribution is 0.0595. The monoisotopic (exact) mass is 271 g/mol. The Balaban J connectivity index is 2.59. The van der Waals surface area contributed by atoms with Crippen LogP contribution in [0.1, 0.15) is 22.8 Å². The Hall–Kier alpha value is -1.07. The lowest BCUT2D eigenvalue weighted by atomic mass is 10.1. The predicted octanol–water partition coefficient (Wildman–Crippen LogP) is 2.44. The standard InChI is InChI=1S/C13H18FNO2S/c1-9(6-15)7-18-8-10-3-4-11(12(14)5-10)13(16)17-2/h3-5,9H,6-8,15H2,1-2H3. The molecule has 0 heterocycles. The van der Waals surface area contributed by atoms with Gasteiger partial charge in [-0.3, -0.25) is 0 Å². The molecule has 5 heteroatoms. The van der Waals surface area contributed by atoms with Crippen molar-refractivity contribution in [3.63, 3.8) is 0 Å². The molecular weight excluding hydrogens is 253 g/mol. The molecule has 0 radical (unpaired) electrons. The summed E-state index contributed by atoms with van der Waals surface area (Å²) in [6.45, 7) is 2.73. The lowest BCUT2D eigenvalue weighted by Gasteiger charge is -2.08. The van der Waals surface area contributed by atoms with E-state index in [4.69, 9.17) is 5.73 Å². The Kier molecular flexibility index (Phi) is 6.15. The Morgan fingerprint density at radius 1 is 1.56 bits per heavy atom. The van der Waals surface area contributed by atoms with Gasteiger partial charge in [0.2, 0.25) is 0 Å². The lowest BCUT2D eigenvalue weighted by Crippen LogP contribution is -2.12. The Bertz CT molecular complexity index is 412. The molecular formula is C13H18FNO2S. The van der Waals surface area contributed by atoms with Gasteiger partial charge >= 0.3 is 5.97 Å². The van der Waals surface area contributed by atoms with Gasteiger partial charge in [0, 0.05) is 5.75 Å². The van der Waals surface area contributed by atoms with E-state index >= 15 is 0 Å². The Morgan fingerprint density at radius 2 is 2.28 bits per heavy atom. The molecule has 18 heavy (non-hydrogen) atoms. The number of halogens is 1. The summed E-state index contributed by atoms with van der Waals surface area (Å²) in [6.07, 6.45) is 0. The van der Waals surface area contributed by atoms with Gasteiger partial charge in [0.1, 0.15) is 5.82 Å². The van der Waals surface area contributed by atoms with Gasteiger partial charge in [-0.2, -0.15) is 11.8 Å². The van der Waals surface area contributed by atoms with Crippen LogP contribution in [0, 0.1) is 11.7 Å². The van der Waals surface area contributed by atoms with E-state index in [1.165, 1.54) is 19.2 Å². The van der Waals surface area contributed by atoms with E-state index in [1.807, 2.05) is 0 Å². The summed E-state index contributed by atoms with van der Waals surface area (Å²) < 4.78 is 18.1. The fraction of sp³-hybridized carbons (Fsp3) is 0.462. The van der Waals surface area contributed by atoms with Gasteiger partial charge < -0.3 is 10.5 Å². The normalized spacial score (nSPS) is 12.2. The minimum absolute atomic E-state index is 0.0263. The number of methoxy groups -OCH3 is 1. The van der Waals surface area contributed by atoms with Crippen LogP contribution in [-0.2, 0) is 10.5 Å². The smallest absolute Gasteiger partial charge is 0.340 e.